The second-order valence-electron chi connectivity index (χ2n) is 8.36. The number of rotatable bonds is 6. The summed E-state index contributed by atoms with van der Waals surface area (Å²) < 4.78 is 20.5. The number of fused-ring (bicyclic) bond motifs is 1. The lowest BCUT2D eigenvalue weighted by Crippen LogP contribution is -2.37. The summed E-state index contributed by atoms with van der Waals surface area (Å²) in [4.78, 5) is 30.2. The lowest BCUT2D eigenvalue weighted by atomic mass is 9.93. The number of halogens is 1. The molecule has 0 saturated carbocycles. The standard InChI is InChI=1S/C23H29FN2O4/c1-5-16-10-11-23(3,30-4)13-26-21(16)25-19(20(28)22(26)29)18(27)9-7-15-6-8-17(24)14(2)12-15/h6,8,12,16,28H,5,7,9-11,13H2,1-4H3. The summed E-state index contributed by atoms with van der Waals surface area (Å²) in [5.74, 6) is -0.779. The lowest BCUT2D eigenvalue weighted by molar-refractivity contribution is -0.0146. The molecule has 0 saturated heterocycles. The fourth-order valence-electron chi connectivity index (χ4n) is 4.03. The number of aryl methyl sites for hydroxylation is 2. The lowest BCUT2D eigenvalue weighted by Gasteiger charge is -2.27. The molecule has 0 spiro atoms. The van der Waals surface area contributed by atoms with Gasteiger partial charge in [0.2, 0.25) is 5.75 Å². The highest BCUT2D eigenvalue weighted by molar-refractivity contribution is 5.96. The minimum atomic E-state index is -0.616. The highest BCUT2D eigenvalue weighted by Gasteiger charge is 2.34. The highest BCUT2D eigenvalue weighted by Crippen LogP contribution is 2.34. The molecule has 1 aromatic carbocycles. The summed E-state index contributed by atoms with van der Waals surface area (Å²) in [6.07, 6.45) is 2.73. The van der Waals surface area contributed by atoms with Crippen molar-refractivity contribution in [1.82, 2.24) is 9.55 Å². The Labute approximate surface area is 175 Å². The van der Waals surface area contributed by atoms with E-state index in [9.17, 15) is 19.1 Å². The summed E-state index contributed by atoms with van der Waals surface area (Å²) in [6.45, 7) is 5.89. The van der Waals surface area contributed by atoms with Crippen molar-refractivity contribution in [2.24, 2.45) is 0 Å². The smallest absolute Gasteiger partial charge is 0.296 e. The third kappa shape index (κ3) is 4.31. The number of hydrogen-bond acceptors (Lipinski definition) is 5. The molecule has 162 valence electrons. The van der Waals surface area contributed by atoms with Crippen molar-refractivity contribution in [3.05, 3.63) is 57.0 Å². The normalized spacial score (nSPS) is 21.2. The zero-order valence-corrected chi connectivity index (χ0v) is 18.0. The van der Waals surface area contributed by atoms with Crippen molar-refractivity contribution >= 4 is 5.78 Å². The van der Waals surface area contributed by atoms with Crippen molar-refractivity contribution in [2.75, 3.05) is 7.11 Å². The van der Waals surface area contributed by atoms with Crippen molar-refractivity contribution in [3.63, 3.8) is 0 Å². The van der Waals surface area contributed by atoms with E-state index < -0.39 is 22.7 Å². The summed E-state index contributed by atoms with van der Waals surface area (Å²) in [5, 5.41) is 10.5. The van der Waals surface area contributed by atoms with Crippen molar-refractivity contribution < 1.29 is 19.0 Å². The Kier molecular flexibility index (Phi) is 6.41. The fourth-order valence-corrected chi connectivity index (χ4v) is 4.03. The fraction of sp³-hybridized carbons (Fsp3) is 0.522. The third-order valence-electron chi connectivity index (χ3n) is 6.17. The predicted molar refractivity (Wildman–Crippen MR) is 112 cm³/mol. The van der Waals surface area contributed by atoms with E-state index in [0.29, 0.717) is 17.8 Å². The number of carbonyl (C=O) groups excluding carboxylic acids is 1. The Morgan fingerprint density at radius 3 is 2.80 bits per heavy atom. The number of methoxy groups -OCH3 is 1. The summed E-state index contributed by atoms with van der Waals surface area (Å²) in [6, 6.07) is 4.70. The highest BCUT2D eigenvalue weighted by atomic mass is 19.1. The van der Waals surface area contributed by atoms with Gasteiger partial charge in [-0.3, -0.25) is 14.2 Å². The van der Waals surface area contributed by atoms with Crippen molar-refractivity contribution in [2.45, 2.75) is 70.9 Å². The second kappa shape index (κ2) is 8.68. The quantitative estimate of drug-likeness (QED) is 0.722. The van der Waals surface area contributed by atoms with Gasteiger partial charge in [-0.05, 0) is 56.7 Å². The van der Waals surface area contributed by atoms with Gasteiger partial charge in [0.15, 0.2) is 11.5 Å². The number of hydrogen-bond donors (Lipinski definition) is 1. The summed E-state index contributed by atoms with van der Waals surface area (Å²) >= 11 is 0. The number of aromatic hydroxyl groups is 1. The first-order valence-corrected chi connectivity index (χ1v) is 10.4. The first-order valence-electron chi connectivity index (χ1n) is 10.4. The van der Waals surface area contributed by atoms with Crippen molar-refractivity contribution in [3.8, 4) is 5.75 Å². The van der Waals surface area contributed by atoms with Gasteiger partial charge in [0.05, 0.1) is 12.1 Å². The number of nitrogens with zero attached hydrogens (tertiary/aromatic N) is 2. The van der Waals surface area contributed by atoms with Gasteiger partial charge in [-0.2, -0.15) is 0 Å². The molecule has 1 N–H and O–H groups in total. The molecular weight excluding hydrogens is 387 g/mol. The maximum absolute atomic E-state index is 13.4. The van der Waals surface area contributed by atoms with Crippen LogP contribution < -0.4 is 5.56 Å². The zero-order valence-electron chi connectivity index (χ0n) is 18.0. The Hall–Kier alpha value is -2.54. The van der Waals surface area contributed by atoms with Crippen LogP contribution in [0.3, 0.4) is 0 Å². The molecule has 2 unspecified atom stereocenters. The molecule has 0 radical (unpaired) electrons. The minimum Gasteiger partial charge on any atom is -0.501 e. The molecule has 2 aromatic rings. The van der Waals surface area contributed by atoms with Crippen LogP contribution >= 0.6 is 0 Å². The maximum Gasteiger partial charge on any atom is 0.296 e. The minimum absolute atomic E-state index is 0.00146. The van der Waals surface area contributed by atoms with E-state index in [-0.39, 0.29) is 30.4 Å². The SMILES string of the molecule is CCC1CCC(C)(OC)Cn2c1nc(C(=O)CCc1ccc(F)c(C)c1)c(O)c2=O. The Balaban J connectivity index is 1.93. The monoisotopic (exact) mass is 416 g/mol. The van der Waals surface area contributed by atoms with Gasteiger partial charge in [0, 0.05) is 19.4 Å². The topological polar surface area (TPSA) is 81.4 Å². The van der Waals surface area contributed by atoms with E-state index in [1.807, 2.05) is 13.8 Å². The number of aromatic nitrogens is 2. The van der Waals surface area contributed by atoms with E-state index in [1.165, 1.54) is 10.6 Å². The van der Waals surface area contributed by atoms with Crippen LogP contribution in [-0.4, -0.2) is 33.2 Å². The first-order chi connectivity index (χ1) is 14.2. The molecule has 0 bridgehead atoms. The first kappa shape index (κ1) is 22.2. The molecule has 2 heterocycles. The van der Waals surface area contributed by atoms with E-state index >= 15 is 0 Å². The average molecular weight is 416 g/mol. The van der Waals surface area contributed by atoms with Crippen molar-refractivity contribution in [1.29, 1.82) is 0 Å². The number of ketones is 1. The van der Waals surface area contributed by atoms with Crippen LogP contribution in [0.15, 0.2) is 23.0 Å². The second-order valence-corrected chi connectivity index (χ2v) is 8.36. The summed E-state index contributed by atoms with van der Waals surface area (Å²) in [7, 11) is 1.61. The molecule has 3 rings (SSSR count). The van der Waals surface area contributed by atoms with Crippen LogP contribution in [0.4, 0.5) is 4.39 Å². The van der Waals surface area contributed by atoms with Crippen LogP contribution in [0.5, 0.6) is 5.75 Å². The van der Waals surface area contributed by atoms with E-state index in [2.05, 4.69) is 4.98 Å². The maximum atomic E-state index is 13.4. The zero-order chi connectivity index (χ0) is 22.1. The van der Waals surface area contributed by atoms with Gasteiger partial charge >= 0.3 is 0 Å². The molecule has 7 heteroatoms. The van der Waals surface area contributed by atoms with Crippen LogP contribution in [0.2, 0.25) is 0 Å². The average Bonchev–Trinajstić information content (AvgIpc) is 2.88. The van der Waals surface area contributed by atoms with Gasteiger partial charge in [0.25, 0.3) is 5.56 Å². The van der Waals surface area contributed by atoms with E-state index in [1.54, 1.807) is 26.2 Å². The predicted octanol–water partition coefficient (Wildman–Crippen LogP) is 3.90. The van der Waals surface area contributed by atoms with Gasteiger partial charge in [-0.1, -0.05) is 19.1 Å². The van der Waals surface area contributed by atoms with Crippen LogP contribution in [-0.2, 0) is 17.7 Å². The molecular formula is C23H29FN2O4. The molecule has 0 aliphatic carbocycles. The van der Waals surface area contributed by atoms with Gasteiger partial charge in [0.1, 0.15) is 11.6 Å². The van der Waals surface area contributed by atoms with Gasteiger partial charge < -0.3 is 9.84 Å². The number of carbonyl (C=O) groups is 1. The third-order valence-corrected chi connectivity index (χ3v) is 6.17. The number of ether oxygens (including phenoxy) is 1. The largest absolute Gasteiger partial charge is 0.501 e. The van der Waals surface area contributed by atoms with Crippen LogP contribution in [0, 0.1) is 12.7 Å². The molecule has 2 atom stereocenters. The van der Waals surface area contributed by atoms with Crippen LogP contribution in [0.25, 0.3) is 0 Å². The Bertz CT molecular complexity index is 1020. The molecule has 0 fully saturated rings. The molecule has 1 aromatic heterocycles. The van der Waals surface area contributed by atoms with Gasteiger partial charge in [-0.15, -0.1) is 0 Å². The number of Topliss-reactive ketones (excluding diaryl/α,β-unsaturated/α-hetero) is 1. The van der Waals surface area contributed by atoms with E-state index in [4.69, 9.17) is 4.74 Å². The van der Waals surface area contributed by atoms with Crippen LogP contribution in [0.1, 0.15) is 72.9 Å². The number of benzene rings is 1. The molecule has 0 amide bonds. The summed E-state index contributed by atoms with van der Waals surface area (Å²) in [5.41, 5.74) is 0.00335. The molecule has 1 aliphatic heterocycles. The van der Waals surface area contributed by atoms with E-state index in [0.717, 1.165) is 24.8 Å². The Morgan fingerprint density at radius 2 is 2.17 bits per heavy atom. The Morgan fingerprint density at radius 1 is 1.43 bits per heavy atom. The van der Waals surface area contributed by atoms with Gasteiger partial charge in [-0.25, -0.2) is 9.37 Å². The molecule has 1 aliphatic rings. The molecule has 30 heavy (non-hydrogen) atoms. The molecule has 6 nitrogen and oxygen atoms in total.